The number of oxime groups is 1. The van der Waals surface area contributed by atoms with E-state index in [1.807, 2.05) is 6.92 Å². The Morgan fingerprint density at radius 2 is 1.83 bits per heavy atom. The molecule has 2 aromatic carbocycles. The van der Waals surface area contributed by atoms with E-state index in [0.29, 0.717) is 5.69 Å². The van der Waals surface area contributed by atoms with E-state index in [1.54, 1.807) is 18.2 Å². The van der Waals surface area contributed by atoms with Crippen LogP contribution in [0, 0.1) is 12.7 Å². The molecule has 1 atom stereocenters. The van der Waals surface area contributed by atoms with Crippen molar-refractivity contribution in [2.24, 2.45) is 10.9 Å². The Hall–Kier alpha value is -1.74. The minimum Gasteiger partial charge on any atom is -0.372 e. The number of nitrogens with two attached hydrogens (primary N) is 1. The van der Waals surface area contributed by atoms with Crippen molar-refractivity contribution in [1.29, 1.82) is 0 Å². The minimum atomic E-state index is -4.86. The first-order valence-electron chi connectivity index (χ1n) is 8.11. The van der Waals surface area contributed by atoms with E-state index in [-0.39, 0.29) is 24.8 Å². The van der Waals surface area contributed by atoms with Gasteiger partial charge in [-0.3, -0.25) is 0 Å². The van der Waals surface area contributed by atoms with Crippen LogP contribution in [0.15, 0.2) is 35.5 Å². The zero-order valence-corrected chi connectivity index (χ0v) is 17.2. The van der Waals surface area contributed by atoms with E-state index in [4.69, 9.17) is 33.8 Å². The van der Waals surface area contributed by atoms with Crippen LogP contribution in [-0.4, -0.2) is 12.0 Å². The average molecular weight is 473 g/mol. The maximum Gasteiger partial charge on any atom is 0.435 e. The molecule has 3 N–H and O–H groups in total. The van der Waals surface area contributed by atoms with Gasteiger partial charge in [-0.1, -0.05) is 34.4 Å². The van der Waals surface area contributed by atoms with Crippen molar-refractivity contribution in [3.63, 3.8) is 0 Å². The number of anilines is 1. The van der Waals surface area contributed by atoms with E-state index < -0.39 is 39.6 Å². The Balaban J connectivity index is 0.00000300. The van der Waals surface area contributed by atoms with Gasteiger partial charge < -0.3 is 15.9 Å². The zero-order chi connectivity index (χ0) is 20.7. The molecule has 4 nitrogen and oxygen atoms in total. The maximum atomic E-state index is 13.9. The summed E-state index contributed by atoms with van der Waals surface area (Å²) in [5.74, 6) is -1.06. The number of rotatable bonds is 3. The van der Waals surface area contributed by atoms with Crippen LogP contribution in [0.1, 0.15) is 23.1 Å². The highest BCUT2D eigenvalue weighted by Crippen LogP contribution is 2.49. The highest BCUT2D eigenvalue weighted by atomic mass is 35.5. The Bertz CT molecular complexity index is 929. The largest absolute Gasteiger partial charge is 0.435 e. The summed E-state index contributed by atoms with van der Waals surface area (Å²) in [5, 5.41) is 5.29. The van der Waals surface area contributed by atoms with Crippen molar-refractivity contribution in [3.05, 3.63) is 62.9 Å². The van der Waals surface area contributed by atoms with Crippen LogP contribution < -0.4 is 11.1 Å². The number of alkyl halides is 3. The van der Waals surface area contributed by atoms with Gasteiger partial charge in [-0.15, -0.1) is 12.4 Å². The van der Waals surface area contributed by atoms with Gasteiger partial charge in [0.15, 0.2) is 11.7 Å². The molecule has 0 amide bonds. The molecule has 0 saturated carbocycles. The molecular formula is C18H16Cl3F4N3O. The molecule has 0 fully saturated rings. The number of hydrogen-bond donors (Lipinski definition) is 2. The second-order valence-corrected chi connectivity index (χ2v) is 7.17. The fourth-order valence-corrected chi connectivity index (χ4v) is 3.38. The molecule has 0 radical (unpaired) electrons. The van der Waals surface area contributed by atoms with Crippen LogP contribution in [0.3, 0.4) is 0 Å². The van der Waals surface area contributed by atoms with Crippen molar-refractivity contribution in [2.45, 2.75) is 31.7 Å². The van der Waals surface area contributed by atoms with Crippen LogP contribution in [0.25, 0.3) is 0 Å². The number of nitrogens with zero attached hydrogens (tertiary/aromatic N) is 1. The summed E-state index contributed by atoms with van der Waals surface area (Å²) >= 11 is 11.4. The standard InChI is InChI=1S/C18H15Cl2F4N3O.ClH/c1-9-2-3-12(4-10(9)8-25)26-15-7-17(28-27-15,18(22,23)24)11-5-13(19)16(21)14(20)6-11;/h2-6H,7-8,25H2,1H3,(H,26,27);1H. The lowest BCUT2D eigenvalue weighted by Gasteiger charge is -2.29. The number of amidine groups is 1. The maximum absolute atomic E-state index is 13.9. The predicted octanol–water partition coefficient (Wildman–Crippen LogP) is 5.92. The van der Waals surface area contributed by atoms with Crippen molar-refractivity contribution < 1.29 is 22.4 Å². The Morgan fingerprint density at radius 1 is 1.21 bits per heavy atom. The van der Waals surface area contributed by atoms with Crippen LogP contribution in [-0.2, 0) is 17.0 Å². The number of hydrogen-bond acceptors (Lipinski definition) is 4. The van der Waals surface area contributed by atoms with Gasteiger partial charge in [0.2, 0.25) is 0 Å². The third kappa shape index (κ3) is 4.40. The third-order valence-corrected chi connectivity index (χ3v) is 5.04. The van der Waals surface area contributed by atoms with Gasteiger partial charge in [-0.25, -0.2) is 4.39 Å². The predicted molar refractivity (Wildman–Crippen MR) is 107 cm³/mol. The lowest BCUT2D eigenvalue weighted by molar-refractivity contribution is -0.275. The minimum absolute atomic E-state index is 0. The second-order valence-electron chi connectivity index (χ2n) is 6.36. The van der Waals surface area contributed by atoms with Gasteiger partial charge in [-0.05, 0) is 42.3 Å². The molecule has 2 aromatic rings. The summed E-state index contributed by atoms with van der Waals surface area (Å²) in [5.41, 5.74) is 4.69. The highest BCUT2D eigenvalue weighted by molar-refractivity contribution is 6.35. The van der Waals surface area contributed by atoms with Crippen molar-refractivity contribution in [2.75, 3.05) is 5.32 Å². The first-order chi connectivity index (χ1) is 13.1. The number of benzene rings is 2. The number of aryl methyl sites for hydroxylation is 1. The molecule has 158 valence electrons. The fraction of sp³-hybridized carbons (Fsp3) is 0.278. The van der Waals surface area contributed by atoms with E-state index >= 15 is 0 Å². The lowest BCUT2D eigenvalue weighted by Crippen LogP contribution is -2.43. The molecule has 3 rings (SSSR count). The fourth-order valence-electron chi connectivity index (χ4n) is 2.90. The first-order valence-corrected chi connectivity index (χ1v) is 8.86. The molecule has 1 heterocycles. The second kappa shape index (κ2) is 8.55. The molecule has 11 heteroatoms. The smallest absolute Gasteiger partial charge is 0.372 e. The van der Waals surface area contributed by atoms with Gasteiger partial charge >= 0.3 is 6.18 Å². The summed E-state index contributed by atoms with van der Waals surface area (Å²) in [4.78, 5) is 4.84. The Labute approximate surface area is 180 Å². The van der Waals surface area contributed by atoms with E-state index in [9.17, 15) is 17.6 Å². The summed E-state index contributed by atoms with van der Waals surface area (Å²) in [7, 11) is 0. The molecule has 1 aliphatic rings. The van der Waals surface area contributed by atoms with Crippen LogP contribution in [0.2, 0.25) is 10.0 Å². The summed E-state index contributed by atoms with van der Waals surface area (Å²) in [6.45, 7) is 2.16. The number of halogens is 7. The molecule has 0 bridgehead atoms. The van der Waals surface area contributed by atoms with Crippen molar-refractivity contribution >= 4 is 47.1 Å². The van der Waals surface area contributed by atoms with E-state index in [1.165, 1.54) is 0 Å². The van der Waals surface area contributed by atoms with Crippen LogP contribution in [0.4, 0.5) is 23.2 Å². The number of nitrogens with one attached hydrogen (secondary N) is 1. The summed E-state index contributed by atoms with van der Waals surface area (Å²) < 4.78 is 55.4. The monoisotopic (exact) mass is 471 g/mol. The highest BCUT2D eigenvalue weighted by Gasteiger charge is 2.62. The normalized spacial score (nSPS) is 18.7. The van der Waals surface area contributed by atoms with Gasteiger partial charge in [0, 0.05) is 17.8 Å². The van der Waals surface area contributed by atoms with Gasteiger partial charge in [-0.2, -0.15) is 13.2 Å². The van der Waals surface area contributed by atoms with E-state index in [2.05, 4.69) is 10.5 Å². The van der Waals surface area contributed by atoms with Crippen LogP contribution in [0.5, 0.6) is 0 Å². The molecule has 29 heavy (non-hydrogen) atoms. The SMILES string of the molecule is Cc1ccc(NC2=NOC(c3cc(Cl)c(F)c(Cl)c3)(C(F)(F)F)C2)cc1CN.Cl. The Morgan fingerprint density at radius 3 is 2.38 bits per heavy atom. The first kappa shape index (κ1) is 23.5. The van der Waals surface area contributed by atoms with Crippen molar-refractivity contribution in [1.82, 2.24) is 0 Å². The lowest BCUT2D eigenvalue weighted by atomic mass is 9.89. The van der Waals surface area contributed by atoms with E-state index in [0.717, 1.165) is 23.3 Å². The molecule has 0 aromatic heterocycles. The van der Waals surface area contributed by atoms with Gasteiger partial charge in [0.05, 0.1) is 16.5 Å². The topological polar surface area (TPSA) is 59.6 Å². The third-order valence-electron chi connectivity index (χ3n) is 4.49. The Kier molecular flexibility index (Phi) is 6.94. The quantitative estimate of drug-likeness (QED) is 0.430. The van der Waals surface area contributed by atoms with Gasteiger partial charge in [0.1, 0.15) is 0 Å². The molecule has 1 unspecified atom stereocenters. The molecule has 0 aliphatic carbocycles. The average Bonchev–Trinajstić information content (AvgIpc) is 3.06. The van der Waals surface area contributed by atoms with Gasteiger partial charge in [0.25, 0.3) is 5.60 Å². The molecule has 1 aliphatic heterocycles. The summed E-state index contributed by atoms with van der Waals surface area (Å²) in [6, 6.07) is 6.88. The molecule has 0 spiro atoms. The zero-order valence-electron chi connectivity index (χ0n) is 14.9. The van der Waals surface area contributed by atoms with Crippen molar-refractivity contribution in [3.8, 4) is 0 Å². The van der Waals surface area contributed by atoms with Crippen LogP contribution >= 0.6 is 35.6 Å². The molecular weight excluding hydrogens is 457 g/mol. The summed E-state index contributed by atoms with van der Waals surface area (Å²) in [6.07, 6.45) is -5.53. The molecule has 0 saturated heterocycles.